The van der Waals surface area contributed by atoms with Crippen LogP contribution >= 0.6 is 12.4 Å². The second-order valence-electron chi connectivity index (χ2n) is 8.23. The summed E-state index contributed by atoms with van der Waals surface area (Å²) in [6.07, 6.45) is 1.61. The van der Waals surface area contributed by atoms with Gasteiger partial charge in [0, 0.05) is 6.54 Å². The molecule has 0 heterocycles. The zero-order valence-corrected chi connectivity index (χ0v) is 20.8. The average molecular weight is 496 g/mol. The summed E-state index contributed by atoms with van der Waals surface area (Å²) in [5, 5.41) is 0. The fourth-order valence-corrected chi connectivity index (χ4v) is 4.16. The molecule has 2 amide bonds. The standard InChI is InChI=1S/C28H33N3O3.ClH/c1-34-24-16-14-21(15-17-24)18-20-31(25(27(30)32)13-8-19-29)28(33)26(22-9-4-2-5-10-22)23-11-6-3-7-12-23;/h2-7,9-12,14-17,25-26H,8,13,18-20,29H2,1H3,(H2,30,32);1H/t25-;/m1./s1. The first kappa shape index (κ1) is 27.9. The lowest BCUT2D eigenvalue weighted by Gasteiger charge is -2.33. The van der Waals surface area contributed by atoms with Gasteiger partial charge in [0.2, 0.25) is 11.8 Å². The number of halogens is 1. The Morgan fingerprint density at radius 3 is 1.89 bits per heavy atom. The van der Waals surface area contributed by atoms with Crippen molar-refractivity contribution in [3.63, 3.8) is 0 Å². The SMILES string of the molecule is COc1ccc(CCN(C(=O)C(c2ccccc2)c2ccccc2)[C@H](CCCN)C(N)=O)cc1.Cl. The molecule has 3 aromatic carbocycles. The average Bonchev–Trinajstić information content (AvgIpc) is 2.87. The van der Waals surface area contributed by atoms with E-state index in [9.17, 15) is 9.59 Å². The van der Waals surface area contributed by atoms with Crippen LogP contribution in [0.5, 0.6) is 5.75 Å². The van der Waals surface area contributed by atoms with E-state index in [2.05, 4.69) is 0 Å². The fourth-order valence-electron chi connectivity index (χ4n) is 4.16. The van der Waals surface area contributed by atoms with Crippen molar-refractivity contribution in [3.8, 4) is 5.75 Å². The van der Waals surface area contributed by atoms with Crippen LogP contribution in [0, 0.1) is 0 Å². The molecule has 3 rings (SSSR count). The van der Waals surface area contributed by atoms with Gasteiger partial charge >= 0.3 is 0 Å². The minimum atomic E-state index is -0.732. The molecule has 0 fully saturated rings. The number of rotatable bonds is 12. The molecular formula is C28H34ClN3O3. The van der Waals surface area contributed by atoms with Crippen LogP contribution in [0.4, 0.5) is 0 Å². The Balaban J connectivity index is 0.00000432. The van der Waals surface area contributed by atoms with Gasteiger partial charge in [-0.05, 0) is 54.6 Å². The highest BCUT2D eigenvalue weighted by molar-refractivity contribution is 5.92. The Kier molecular flexibility index (Phi) is 11.3. The number of amides is 2. The number of nitrogens with two attached hydrogens (primary N) is 2. The number of hydrogen-bond acceptors (Lipinski definition) is 4. The number of ether oxygens (including phenoxy) is 1. The van der Waals surface area contributed by atoms with E-state index in [0.717, 1.165) is 22.4 Å². The molecule has 0 spiro atoms. The van der Waals surface area contributed by atoms with Crippen molar-refractivity contribution < 1.29 is 14.3 Å². The number of carbonyl (C=O) groups is 2. The minimum Gasteiger partial charge on any atom is -0.497 e. The number of primary amides is 1. The predicted octanol–water partition coefficient (Wildman–Crippen LogP) is 3.91. The van der Waals surface area contributed by atoms with Crippen LogP contribution in [0.15, 0.2) is 84.9 Å². The van der Waals surface area contributed by atoms with Crippen LogP contribution < -0.4 is 16.2 Å². The predicted molar refractivity (Wildman–Crippen MR) is 142 cm³/mol. The molecule has 0 aromatic heterocycles. The van der Waals surface area contributed by atoms with Gasteiger partial charge in [-0.15, -0.1) is 12.4 Å². The number of carbonyl (C=O) groups excluding carboxylic acids is 2. The monoisotopic (exact) mass is 495 g/mol. The Labute approximate surface area is 213 Å². The van der Waals surface area contributed by atoms with Gasteiger partial charge < -0.3 is 21.1 Å². The summed E-state index contributed by atoms with van der Waals surface area (Å²) in [6.45, 7) is 0.782. The molecule has 1 atom stereocenters. The van der Waals surface area contributed by atoms with Crippen LogP contribution in [0.3, 0.4) is 0 Å². The Morgan fingerprint density at radius 1 is 0.886 bits per heavy atom. The third kappa shape index (κ3) is 7.57. The highest BCUT2D eigenvalue weighted by Crippen LogP contribution is 2.28. The van der Waals surface area contributed by atoms with Gasteiger partial charge in [0.1, 0.15) is 11.8 Å². The summed E-state index contributed by atoms with van der Waals surface area (Å²) >= 11 is 0. The second-order valence-corrected chi connectivity index (χ2v) is 8.23. The Bertz CT molecular complexity index is 1010. The molecule has 7 heteroatoms. The summed E-state index contributed by atoms with van der Waals surface area (Å²) in [7, 11) is 1.62. The summed E-state index contributed by atoms with van der Waals surface area (Å²) < 4.78 is 5.24. The molecule has 6 nitrogen and oxygen atoms in total. The normalized spacial score (nSPS) is 11.4. The first-order valence-corrected chi connectivity index (χ1v) is 11.6. The zero-order valence-electron chi connectivity index (χ0n) is 20.0. The van der Waals surface area contributed by atoms with E-state index >= 15 is 0 Å². The van der Waals surface area contributed by atoms with Crippen molar-refractivity contribution in [2.24, 2.45) is 11.5 Å². The summed E-state index contributed by atoms with van der Waals surface area (Å²) in [4.78, 5) is 28.3. The first-order chi connectivity index (χ1) is 16.5. The first-order valence-electron chi connectivity index (χ1n) is 11.6. The third-order valence-electron chi connectivity index (χ3n) is 5.98. The highest BCUT2D eigenvalue weighted by atomic mass is 35.5. The van der Waals surface area contributed by atoms with E-state index in [1.165, 1.54) is 0 Å². The molecule has 0 radical (unpaired) electrons. The number of nitrogens with zero attached hydrogens (tertiary/aromatic N) is 1. The highest BCUT2D eigenvalue weighted by Gasteiger charge is 2.33. The van der Waals surface area contributed by atoms with Crippen LogP contribution in [-0.4, -0.2) is 43.0 Å². The molecule has 0 saturated carbocycles. The molecular weight excluding hydrogens is 462 g/mol. The van der Waals surface area contributed by atoms with Crippen molar-refractivity contribution in [2.75, 3.05) is 20.2 Å². The lowest BCUT2D eigenvalue weighted by Crippen LogP contribution is -2.50. The molecule has 0 aliphatic carbocycles. The van der Waals surface area contributed by atoms with Crippen LogP contribution in [-0.2, 0) is 16.0 Å². The molecule has 0 saturated heterocycles. The van der Waals surface area contributed by atoms with E-state index in [4.69, 9.17) is 16.2 Å². The molecule has 4 N–H and O–H groups in total. The molecule has 35 heavy (non-hydrogen) atoms. The molecule has 0 unspecified atom stereocenters. The number of hydrogen-bond donors (Lipinski definition) is 2. The van der Waals surface area contributed by atoms with E-state index < -0.39 is 17.9 Å². The van der Waals surface area contributed by atoms with Gasteiger partial charge in [0.25, 0.3) is 0 Å². The van der Waals surface area contributed by atoms with Gasteiger partial charge in [0.15, 0.2) is 0 Å². The molecule has 0 bridgehead atoms. The van der Waals surface area contributed by atoms with Crippen LogP contribution in [0.2, 0.25) is 0 Å². The Morgan fingerprint density at radius 2 is 1.43 bits per heavy atom. The van der Waals surface area contributed by atoms with E-state index in [0.29, 0.717) is 32.4 Å². The maximum absolute atomic E-state index is 14.1. The quantitative estimate of drug-likeness (QED) is 0.398. The maximum Gasteiger partial charge on any atom is 0.240 e. The van der Waals surface area contributed by atoms with Gasteiger partial charge in [-0.25, -0.2) is 0 Å². The van der Waals surface area contributed by atoms with Gasteiger partial charge in [-0.2, -0.15) is 0 Å². The van der Waals surface area contributed by atoms with Crippen LogP contribution in [0.1, 0.15) is 35.4 Å². The van der Waals surface area contributed by atoms with Gasteiger partial charge in [-0.1, -0.05) is 72.8 Å². The van der Waals surface area contributed by atoms with E-state index in [-0.39, 0.29) is 18.3 Å². The largest absolute Gasteiger partial charge is 0.497 e. The van der Waals surface area contributed by atoms with Crippen molar-refractivity contribution in [2.45, 2.75) is 31.2 Å². The lowest BCUT2D eigenvalue weighted by molar-refractivity contribution is -0.140. The topological polar surface area (TPSA) is 98.7 Å². The van der Waals surface area contributed by atoms with Crippen LogP contribution in [0.25, 0.3) is 0 Å². The van der Waals surface area contributed by atoms with Crippen molar-refractivity contribution in [3.05, 3.63) is 102 Å². The molecule has 186 valence electrons. The Hall–Kier alpha value is -3.35. The summed E-state index contributed by atoms with van der Waals surface area (Å²) in [5.74, 6) is -0.441. The summed E-state index contributed by atoms with van der Waals surface area (Å²) in [6, 6.07) is 26.2. The van der Waals surface area contributed by atoms with Gasteiger partial charge in [0.05, 0.1) is 13.0 Å². The number of methoxy groups -OCH3 is 1. The molecule has 0 aliphatic rings. The summed E-state index contributed by atoms with van der Waals surface area (Å²) in [5.41, 5.74) is 14.3. The van der Waals surface area contributed by atoms with E-state index in [1.807, 2.05) is 84.9 Å². The lowest BCUT2D eigenvalue weighted by atomic mass is 9.89. The second kappa shape index (κ2) is 14.1. The molecule has 3 aromatic rings. The fraction of sp³-hybridized carbons (Fsp3) is 0.286. The van der Waals surface area contributed by atoms with E-state index in [1.54, 1.807) is 12.0 Å². The maximum atomic E-state index is 14.1. The number of benzene rings is 3. The smallest absolute Gasteiger partial charge is 0.240 e. The molecule has 0 aliphatic heterocycles. The van der Waals surface area contributed by atoms with Gasteiger partial charge in [-0.3, -0.25) is 9.59 Å². The van der Waals surface area contributed by atoms with Crippen molar-refractivity contribution in [1.82, 2.24) is 4.90 Å². The third-order valence-corrected chi connectivity index (χ3v) is 5.98. The zero-order chi connectivity index (χ0) is 24.3. The minimum absolute atomic E-state index is 0. The van der Waals surface area contributed by atoms with Crippen molar-refractivity contribution >= 4 is 24.2 Å². The van der Waals surface area contributed by atoms with Crippen molar-refractivity contribution in [1.29, 1.82) is 0 Å².